The zero-order valence-electron chi connectivity index (χ0n) is 33.2. The minimum atomic E-state index is -3.73. The first-order valence-electron chi connectivity index (χ1n) is 19.4. The zero-order valence-corrected chi connectivity index (χ0v) is 34.0. The molecule has 1 fully saturated rings. The van der Waals surface area contributed by atoms with Crippen molar-refractivity contribution in [3.05, 3.63) is 125 Å². The summed E-state index contributed by atoms with van der Waals surface area (Å²) in [5.41, 5.74) is 4.05. The molecule has 0 unspecified atom stereocenters. The number of aliphatic hydroxyl groups is 1. The fraction of sp³-hybridized carbons (Fsp3) is 0.432. The van der Waals surface area contributed by atoms with Crippen molar-refractivity contribution < 1.29 is 27.9 Å². The molecule has 1 spiro atoms. The van der Waals surface area contributed by atoms with Gasteiger partial charge in [0.05, 0.1) is 30.1 Å². The molecule has 1 aliphatic carbocycles. The van der Waals surface area contributed by atoms with Crippen molar-refractivity contribution in [1.29, 1.82) is 0 Å². The Bertz CT molecular complexity index is 2120. The number of pyridine rings is 1. The van der Waals surface area contributed by atoms with Crippen molar-refractivity contribution in [1.82, 2.24) is 20.9 Å². The number of ether oxygens (including phenoxy) is 1. The number of carbonyl (C=O) groups excluding carboxylic acids is 2. The third-order valence-electron chi connectivity index (χ3n) is 10.8. The highest BCUT2D eigenvalue weighted by Crippen LogP contribution is 2.48. The summed E-state index contributed by atoms with van der Waals surface area (Å²) < 4.78 is 32.8. The van der Waals surface area contributed by atoms with E-state index in [4.69, 9.17) is 9.72 Å². The number of hydrogen-bond acceptors (Lipinski definition) is 8. The SMILES string of the molecule is C[C@@H](NC(=O)c1cc(C(=O)N[C@@H](Cc2ccccc2)[C@@H](O)CN[C@H]2CC3(CCC3)Oc3ncc(CC(C)(C)C)cc32)cc(N(C)S(C)(=O)=O)c1)c1ccccc1. The van der Waals surface area contributed by atoms with Crippen LogP contribution in [0.15, 0.2) is 91.1 Å². The average Bonchev–Trinajstić information content (AvgIpc) is 3.15. The molecule has 4 atom stereocenters. The molecule has 1 aliphatic heterocycles. The van der Waals surface area contributed by atoms with Gasteiger partial charge in [0, 0.05) is 48.9 Å². The lowest BCUT2D eigenvalue weighted by atomic mass is 9.73. The Balaban J connectivity index is 1.25. The van der Waals surface area contributed by atoms with Crippen LogP contribution in [0.2, 0.25) is 0 Å². The first-order chi connectivity index (χ1) is 26.5. The van der Waals surface area contributed by atoms with Crippen LogP contribution in [0.4, 0.5) is 5.69 Å². The Morgan fingerprint density at radius 1 is 0.946 bits per heavy atom. The van der Waals surface area contributed by atoms with Gasteiger partial charge in [-0.05, 0) is 85.4 Å². The van der Waals surface area contributed by atoms with Gasteiger partial charge in [0.1, 0.15) is 5.60 Å². The summed E-state index contributed by atoms with van der Waals surface area (Å²) in [6.07, 6.45) is 6.86. The number of aromatic nitrogens is 1. The van der Waals surface area contributed by atoms with E-state index in [1.54, 1.807) is 0 Å². The van der Waals surface area contributed by atoms with E-state index in [0.717, 1.165) is 64.9 Å². The number of nitrogens with one attached hydrogen (secondary N) is 3. The molecule has 2 heterocycles. The minimum absolute atomic E-state index is 0.0769. The maximum absolute atomic E-state index is 14.2. The van der Waals surface area contributed by atoms with Gasteiger partial charge in [-0.15, -0.1) is 0 Å². The molecule has 56 heavy (non-hydrogen) atoms. The lowest BCUT2D eigenvalue weighted by molar-refractivity contribution is -0.0421. The topological polar surface area (TPSA) is 150 Å². The second-order valence-corrected chi connectivity index (χ2v) is 18.7. The molecule has 6 rings (SSSR count). The molecular weight excluding hydrogens is 727 g/mol. The van der Waals surface area contributed by atoms with E-state index in [9.17, 15) is 23.1 Å². The summed E-state index contributed by atoms with van der Waals surface area (Å²) in [5, 5.41) is 21.5. The van der Waals surface area contributed by atoms with Crippen molar-refractivity contribution in [3.63, 3.8) is 0 Å². The van der Waals surface area contributed by atoms with Gasteiger partial charge in [-0.25, -0.2) is 13.4 Å². The average molecular weight is 782 g/mol. The lowest BCUT2D eigenvalue weighted by Crippen LogP contribution is -2.52. The summed E-state index contributed by atoms with van der Waals surface area (Å²) >= 11 is 0. The van der Waals surface area contributed by atoms with Crippen molar-refractivity contribution in [3.8, 4) is 5.88 Å². The summed E-state index contributed by atoms with van der Waals surface area (Å²) in [6, 6.07) is 24.4. The van der Waals surface area contributed by atoms with E-state index >= 15 is 0 Å². The predicted molar refractivity (Wildman–Crippen MR) is 219 cm³/mol. The first-order valence-corrected chi connectivity index (χ1v) is 21.2. The highest BCUT2D eigenvalue weighted by atomic mass is 32.2. The Hall–Kier alpha value is -4.78. The van der Waals surface area contributed by atoms with Gasteiger partial charge in [0.25, 0.3) is 11.8 Å². The molecule has 298 valence electrons. The minimum Gasteiger partial charge on any atom is -0.471 e. The Morgan fingerprint density at radius 2 is 1.57 bits per heavy atom. The van der Waals surface area contributed by atoms with Crippen LogP contribution in [-0.4, -0.2) is 67.9 Å². The third-order valence-corrected chi connectivity index (χ3v) is 12.0. The van der Waals surface area contributed by atoms with Gasteiger partial charge < -0.3 is 25.8 Å². The number of sulfonamides is 1. The molecule has 0 radical (unpaired) electrons. The molecule has 12 heteroatoms. The molecule has 0 bridgehead atoms. The van der Waals surface area contributed by atoms with E-state index in [0.29, 0.717) is 12.3 Å². The number of hydrogen-bond donors (Lipinski definition) is 4. The molecule has 4 aromatic rings. The molecule has 2 amide bonds. The molecule has 1 saturated carbocycles. The monoisotopic (exact) mass is 781 g/mol. The Morgan fingerprint density at radius 3 is 2.16 bits per heavy atom. The number of aliphatic hydroxyl groups excluding tert-OH is 1. The highest BCUT2D eigenvalue weighted by molar-refractivity contribution is 7.92. The lowest BCUT2D eigenvalue weighted by Gasteiger charge is -2.47. The van der Waals surface area contributed by atoms with Crippen LogP contribution in [0.3, 0.4) is 0 Å². The number of benzene rings is 3. The summed E-state index contributed by atoms with van der Waals surface area (Å²) in [7, 11) is -2.36. The molecule has 2 aliphatic rings. The first kappa shape index (κ1) is 40.9. The predicted octanol–water partition coefficient (Wildman–Crippen LogP) is 6.30. The van der Waals surface area contributed by atoms with Gasteiger partial charge in [-0.1, -0.05) is 81.4 Å². The van der Waals surface area contributed by atoms with Gasteiger partial charge in [0.2, 0.25) is 15.9 Å². The van der Waals surface area contributed by atoms with Crippen LogP contribution in [0.25, 0.3) is 0 Å². The second kappa shape index (κ2) is 16.8. The van der Waals surface area contributed by atoms with Crippen molar-refractivity contribution in [2.45, 2.75) is 96.1 Å². The number of fused-ring (bicyclic) bond motifs is 1. The van der Waals surface area contributed by atoms with Crippen LogP contribution in [0, 0.1) is 5.41 Å². The second-order valence-electron chi connectivity index (χ2n) is 16.7. The summed E-state index contributed by atoms with van der Waals surface area (Å²) in [6.45, 7) is 8.61. The van der Waals surface area contributed by atoms with Crippen LogP contribution in [0.5, 0.6) is 5.88 Å². The maximum atomic E-state index is 14.2. The fourth-order valence-electron chi connectivity index (χ4n) is 7.51. The molecule has 1 aromatic heterocycles. The molecule has 4 N–H and O–H groups in total. The number of amides is 2. The van der Waals surface area contributed by atoms with Crippen LogP contribution < -0.4 is 25.0 Å². The van der Waals surface area contributed by atoms with E-state index in [-0.39, 0.29) is 46.5 Å². The van der Waals surface area contributed by atoms with Crippen LogP contribution in [-0.2, 0) is 22.9 Å². The highest BCUT2D eigenvalue weighted by Gasteiger charge is 2.46. The summed E-state index contributed by atoms with van der Waals surface area (Å²) in [5.74, 6) is -0.392. The van der Waals surface area contributed by atoms with Gasteiger partial charge >= 0.3 is 0 Å². The fourth-order valence-corrected chi connectivity index (χ4v) is 8.00. The maximum Gasteiger partial charge on any atom is 0.251 e. The molecular formula is C44H55N5O6S. The van der Waals surface area contributed by atoms with Gasteiger partial charge in [-0.2, -0.15) is 0 Å². The number of nitrogens with zero attached hydrogens (tertiary/aromatic N) is 2. The molecule has 11 nitrogen and oxygen atoms in total. The van der Waals surface area contributed by atoms with Gasteiger partial charge in [0.15, 0.2) is 0 Å². The van der Waals surface area contributed by atoms with Crippen molar-refractivity contribution in [2.75, 3.05) is 24.2 Å². The van der Waals surface area contributed by atoms with E-state index in [1.807, 2.05) is 73.8 Å². The van der Waals surface area contributed by atoms with Crippen molar-refractivity contribution >= 4 is 27.5 Å². The largest absolute Gasteiger partial charge is 0.471 e. The quantitative estimate of drug-likeness (QED) is 0.117. The van der Waals surface area contributed by atoms with E-state index in [1.165, 1.54) is 25.2 Å². The van der Waals surface area contributed by atoms with E-state index < -0.39 is 34.0 Å². The van der Waals surface area contributed by atoms with Crippen molar-refractivity contribution in [2.24, 2.45) is 5.41 Å². The molecule has 3 aromatic carbocycles. The number of carbonyl (C=O) groups is 2. The normalized spacial score (nSPS) is 17.7. The Kier molecular flexibility index (Phi) is 12.2. The smallest absolute Gasteiger partial charge is 0.251 e. The zero-order chi connectivity index (χ0) is 40.3. The number of rotatable bonds is 14. The molecule has 0 saturated heterocycles. The Labute approximate surface area is 331 Å². The standard InChI is InChI=1S/C44H55N5O6S/c1-29(32-16-11-8-12-17-32)47-40(51)33-22-34(24-35(23-33)49(5)56(6,53)54)41(52)48-37(21-30-14-9-7-10-15-30)39(50)28-45-38-26-44(18-13-19-44)55-42-36(38)20-31(27-46-42)25-43(2,3)4/h7-12,14-17,20,22-24,27,29,37-39,45,50H,13,18-19,21,25-26,28H2,1-6H3,(H,47,51)(H,48,52)/t29-,37+,38+,39+/m1/s1. The van der Waals surface area contributed by atoms with E-state index in [2.05, 4.69) is 42.8 Å². The van der Waals surface area contributed by atoms with Crippen LogP contribution >= 0.6 is 0 Å². The summed E-state index contributed by atoms with van der Waals surface area (Å²) in [4.78, 5) is 32.5. The third kappa shape index (κ3) is 10.1. The number of anilines is 1. The van der Waals surface area contributed by atoms with Crippen LogP contribution in [0.1, 0.15) is 108 Å². The van der Waals surface area contributed by atoms with Gasteiger partial charge in [-0.3, -0.25) is 13.9 Å².